The predicted octanol–water partition coefficient (Wildman–Crippen LogP) is 3.50. The van der Waals surface area contributed by atoms with Crippen LogP contribution >= 0.6 is 0 Å². The number of amides is 1. The molecule has 1 atom stereocenters. The quantitative estimate of drug-likeness (QED) is 0.617. The molecule has 2 saturated heterocycles. The van der Waals surface area contributed by atoms with Gasteiger partial charge in [0.2, 0.25) is 0 Å². The van der Waals surface area contributed by atoms with Crippen molar-refractivity contribution in [1.29, 1.82) is 0 Å². The number of hydrogen-bond acceptors (Lipinski definition) is 5. The third-order valence-electron chi connectivity index (χ3n) is 4.58. The van der Waals surface area contributed by atoms with Crippen LogP contribution in [-0.2, 0) is 14.3 Å². The first-order chi connectivity index (χ1) is 11.7. The van der Waals surface area contributed by atoms with E-state index >= 15 is 0 Å². The fourth-order valence-electron chi connectivity index (χ4n) is 3.25. The second-order valence-electron chi connectivity index (χ2n) is 7.56. The summed E-state index contributed by atoms with van der Waals surface area (Å²) < 4.78 is 11.4. The molecule has 7 heteroatoms. The molecule has 1 aromatic carbocycles. The highest BCUT2D eigenvalue weighted by Crippen LogP contribution is 2.56. The van der Waals surface area contributed by atoms with E-state index in [1.807, 2.05) is 32.9 Å². The standard InChI is InChI=1S/C18H25N2O5/c1-17(2,3)25-16(21)19-10-8-18(9-11-19)15(24-18)13-6-5-7-14(12-13)20(22)23-4/h5-7,12,15H,8-11H2,1-4H3/q+1. The molecule has 0 bridgehead atoms. The molecule has 0 N–H and O–H groups in total. The van der Waals surface area contributed by atoms with Gasteiger partial charge in [0.15, 0.2) is 7.11 Å². The average Bonchev–Trinajstić information content (AvgIpc) is 3.26. The largest absolute Gasteiger partial charge is 0.444 e. The molecule has 136 valence electrons. The van der Waals surface area contributed by atoms with Crippen molar-refractivity contribution in [2.75, 3.05) is 20.2 Å². The van der Waals surface area contributed by atoms with Crippen molar-refractivity contribution >= 4 is 11.8 Å². The maximum Gasteiger partial charge on any atom is 0.410 e. The van der Waals surface area contributed by atoms with E-state index in [0.29, 0.717) is 23.7 Å². The van der Waals surface area contributed by atoms with Crippen LogP contribution in [0.15, 0.2) is 24.3 Å². The van der Waals surface area contributed by atoms with Crippen molar-refractivity contribution < 1.29 is 24.0 Å². The Hall–Kier alpha value is -2.15. The van der Waals surface area contributed by atoms with Gasteiger partial charge in [0, 0.05) is 25.2 Å². The smallest absolute Gasteiger partial charge is 0.410 e. The van der Waals surface area contributed by atoms with Gasteiger partial charge in [-0.1, -0.05) is 12.1 Å². The summed E-state index contributed by atoms with van der Waals surface area (Å²) in [4.78, 5) is 30.7. The number of nitrogens with zero attached hydrogens (tertiary/aromatic N) is 2. The monoisotopic (exact) mass is 349 g/mol. The van der Waals surface area contributed by atoms with Gasteiger partial charge in [0.1, 0.15) is 17.3 Å². The van der Waals surface area contributed by atoms with E-state index in [2.05, 4.69) is 4.84 Å². The molecular weight excluding hydrogens is 324 g/mol. The Morgan fingerprint density at radius 2 is 2.00 bits per heavy atom. The Morgan fingerprint density at radius 1 is 1.32 bits per heavy atom. The van der Waals surface area contributed by atoms with E-state index in [-0.39, 0.29) is 17.8 Å². The topological polar surface area (TPSA) is 71.4 Å². The molecule has 2 fully saturated rings. The second-order valence-corrected chi connectivity index (χ2v) is 7.56. The summed E-state index contributed by atoms with van der Waals surface area (Å²) in [5.41, 5.74) is 0.673. The van der Waals surface area contributed by atoms with Gasteiger partial charge in [0.25, 0.3) is 4.92 Å². The maximum atomic E-state index is 12.2. The number of carbonyl (C=O) groups excluding carboxylic acids is 1. The number of benzene rings is 1. The van der Waals surface area contributed by atoms with E-state index in [0.717, 1.165) is 18.4 Å². The van der Waals surface area contributed by atoms with E-state index in [1.165, 1.54) is 7.11 Å². The summed E-state index contributed by atoms with van der Waals surface area (Å²) in [6, 6.07) is 7.25. The lowest BCUT2D eigenvalue weighted by atomic mass is 9.90. The third kappa shape index (κ3) is 3.76. The number of rotatable bonds is 3. The zero-order valence-corrected chi connectivity index (χ0v) is 15.2. The number of ether oxygens (including phenoxy) is 2. The van der Waals surface area contributed by atoms with Crippen LogP contribution in [0.4, 0.5) is 10.5 Å². The number of hydrogen-bond donors (Lipinski definition) is 0. The van der Waals surface area contributed by atoms with Crippen molar-refractivity contribution in [2.24, 2.45) is 0 Å². The SMILES string of the molecule is CO[N+](=O)c1cccc(C2OC23CCN(C(=O)OC(C)(C)C)CC3)c1. The summed E-state index contributed by atoms with van der Waals surface area (Å²) in [5, 5.41) is 0. The van der Waals surface area contributed by atoms with Crippen molar-refractivity contribution in [2.45, 2.75) is 50.9 Å². The summed E-state index contributed by atoms with van der Waals surface area (Å²) >= 11 is 0. The normalized spacial score (nSPS) is 21.8. The second kappa shape index (κ2) is 6.29. The first-order valence-corrected chi connectivity index (χ1v) is 8.51. The Labute approximate surface area is 147 Å². The van der Waals surface area contributed by atoms with Gasteiger partial charge in [-0.25, -0.2) is 9.63 Å². The lowest BCUT2D eigenvalue weighted by Gasteiger charge is -2.32. The summed E-state index contributed by atoms with van der Waals surface area (Å²) in [5.74, 6) is 0. The van der Waals surface area contributed by atoms with Gasteiger partial charge < -0.3 is 14.4 Å². The van der Waals surface area contributed by atoms with E-state index < -0.39 is 5.60 Å². The zero-order chi connectivity index (χ0) is 18.2. The molecule has 1 spiro atoms. The zero-order valence-electron chi connectivity index (χ0n) is 15.2. The molecule has 2 aliphatic rings. The van der Waals surface area contributed by atoms with E-state index in [1.54, 1.807) is 17.0 Å². The highest BCUT2D eigenvalue weighted by Gasteiger charge is 2.58. The van der Waals surface area contributed by atoms with E-state index in [9.17, 15) is 9.70 Å². The van der Waals surface area contributed by atoms with Gasteiger partial charge >= 0.3 is 11.8 Å². The molecule has 1 aromatic rings. The van der Waals surface area contributed by atoms with Gasteiger partial charge in [0.05, 0.1) is 4.91 Å². The van der Waals surface area contributed by atoms with Gasteiger partial charge in [-0.05, 0) is 39.2 Å². The molecule has 25 heavy (non-hydrogen) atoms. The highest BCUT2D eigenvalue weighted by atomic mass is 16.8. The molecule has 0 aromatic heterocycles. The van der Waals surface area contributed by atoms with Crippen molar-refractivity contribution in [3.05, 3.63) is 34.7 Å². The fourth-order valence-corrected chi connectivity index (χ4v) is 3.25. The molecular formula is C18H25N2O5+. The minimum absolute atomic E-state index is 0.0431. The van der Waals surface area contributed by atoms with Crippen LogP contribution in [0.3, 0.4) is 0 Å². The fraction of sp³-hybridized carbons (Fsp3) is 0.611. The molecule has 0 saturated carbocycles. The van der Waals surface area contributed by atoms with Crippen LogP contribution in [0.5, 0.6) is 0 Å². The molecule has 0 aliphatic carbocycles. The van der Waals surface area contributed by atoms with Crippen LogP contribution in [0.25, 0.3) is 0 Å². The minimum Gasteiger partial charge on any atom is -0.444 e. The first kappa shape index (κ1) is 17.7. The number of carbonyl (C=O) groups is 1. The summed E-state index contributed by atoms with van der Waals surface area (Å²) in [6.07, 6.45) is 1.20. The Morgan fingerprint density at radius 3 is 2.60 bits per heavy atom. The molecule has 2 heterocycles. The Bertz CT molecular complexity index is 674. The lowest BCUT2D eigenvalue weighted by Crippen LogP contribution is -2.44. The highest BCUT2D eigenvalue weighted by molar-refractivity contribution is 5.68. The maximum absolute atomic E-state index is 12.2. The van der Waals surface area contributed by atoms with Crippen molar-refractivity contribution in [1.82, 2.24) is 4.90 Å². The van der Waals surface area contributed by atoms with Gasteiger partial charge in [-0.2, -0.15) is 0 Å². The minimum atomic E-state index is -0.489. The first-order valence-electron chi connectivity index (χ1n) is 8.51. The third-order valence-corrected chi connectivity index (χ3v) is 4.58. The van der Waals surface area contributed by atoms with Crippen LogP contribution in [0.1, 0.15) is 45.3 Å². The number of piperidine rings is 1. The molecule has 0 radical (unpaired) electrons. The summed E-state index contributed by atoms with van der Waals surface area (Å²) in [7, 11) is 1.33. The van der Waals surface area contributed by atoms with Crippen LogP contribution in [-0.4, -0.2) is 47.3 Å². The van der Waals surface area contributed by atoms with Crippen LogP contribution in [0.2, 0.25) is 0 Å². The van der Waals surface area contributed by atoms with Gasteiger partial charge in [-0.15, -0.1) is 0 Å². The van der Waals surface area contributed by atoms with Crippen molar-refractivity contribution in [3.8, 4) is 0 Å². The Balaban J connectivity index is 1.61. The number of likely N-dealkylation sites (tertiary alicyclic amines) is 1. The van der Waals surface area contributed by atoms with Crippen LogP contribution in [0, 0.1) is 4.91 Å². The molecule has 1 unspecified atom stereocenters. The number of epoxide rings is 1. The van der Waals surface area contributed by atoms with E-state index in [4.69, 9.17) is 9.47 Å². The molecule has 7 nitrogen and oxygen atoms in total. The van der Waals surface area contributed by atoms with Gasteiger partial charge in [-0.3, -0.25) is 0 Å². The van der Waals surface area contributed by atoms with Crippen LogP contribution < -0.4 is 0 Å². The molecule has 1 amide bonds. The van der Waals surface area contributed by atoms with Crippen molar-refractivity contribution in [3.63, 3.8) is 0 Å². The molecule has 3 rings (SSSR count). The summed E-state index contributed by atoms with van der Waals surface area (Å²) in [6.45, 7) is 6.81. The Kier molecular flexibility index (Phi) is 4.45. The lowest BCUT2D eigenvalue weighted by molar-refractivity contribution is -0.736. The molecule has 2 aliphatic heterocycles. The predicted molar refractivity (Wildman–Crippen MR) is 90.3 cm³/mol. The average molecular weight is 349 g/mol.